The molecule has 0 aliphatic carbocycles. The van der Waals surface area contributed by atoms with Crippen molar-refractivity contribution in [2.24, 2.45) is 0 Å². The molecule has 1 atom stereocenters. The van der Waals surface area contributed by atoms with Crippen molar-refractivity contribution in [3.63, 3.8) is 0 Å². The van der Waals surface area contributed by atoms with E-state index in [0.29, 0.717) is 19.3 Å². The highest BCUT2D eigenvalue weighted by Gasteiger charge is 2.19. The summed E-state index contributed by atoms with van der Waals surface area (Å²) in [5.41, 5.74) is 0. The molecule has 0 aromatic rings. The van der Waals surface area contributed by atoms with Crippen LogP contribution in [0.15, 0.2) is 36.5 Å². The molecule has 0 aliphatic rings. The van der Waals surface area contributed by atoms with Crippen LogP contribution < -0.4 is 0 Å². The summed E-state index contributed by atoms with van der Waals surface area (Å²) in [6, 6.07) is 0. The molecule has 0 radical (unpaired) electrons. The Balaban J connectivity index is 4.30. The predicted octanol–water partition coefficient (Wildman–Crippen LogP) is 19.7. The SMILES string of the molecule is CCCCC/C=C\C/C=C\CCCCCCCC(=O)O[C@H](COC(=O)CCCCCCC/C=C\CCCCCC)COC(=O)CCCCCCCCCCCCCCCCCCCCCCC. The van der Waals surface area contributed by atoms with Crippen LogP contribution >= 0.6 is 0 Å². The van der Waals surface area contributed by atoms with Gasteiger partial charge in [0.05, 0.1) is 0 Å². The van der Waals surface area contributed by atoms with Crippen LogP contribution in [0.3, 0.4) is 0 Å². The van der Waals surface area contributed by atoms with Gasteiger partial charge in [-0.3, -0.25) is 14.4 Å². The summed E-state index contributed by atoms with van der Waals surface area (Å²) < 4.78 is 16.9. The number of hydrogen-bond acceptors (Lipinski definition) is 6. The number of carbonyl (C=O) groups excluding carboxylic acids is 3. The maximum absolute atomic E-state index is 12.8. The number of allylic oxidation sites excluding steroid dienone is 6. The summed E-state index contributed by atoms with van der Waals surface area (Å²) in [6.45, 7) is 6.62. The van der Waals surface area contributed by atoms with E-state index in [0.717, 1.165) is 89.9 Å². The molecule has 6 nitrogen and oxygen atoms in total. The summed E-state index contributed by atoms with van der Waals surface area (Å²) in [7, 11) is 0. The Morgan fingerprint density at radius 2 is 0.537 bits per heavy atom. The Morgan fingerprint density at radius 1 is 0.299 bits per heavy atom. The molecular weight excluding hydrogens is 829 g/mol. The summed E-state index contributed by atoms with van der Waals surface area (Å²) in [5, 5.41) is 0. The second kappa shape index (κ2) is 56.2. The van der Waals surface area contributed by atoms with E-state index >= 15 is 0 Å². The first kappa shape index (κ1) is 64.6. The fourth-order valence-corrected chi connectivity index (χ4v) is 8.65. The van der Waals surface area contributed by atoms with Gasteiger partial charge in [0, 0.05) is 19.3 Å². The highest BCUT2D eigenvalue weighted by atomic mass is 16.6. The molecule has 0 bridgehead atoms. The number of esters is 3. The van der Waals surface area contributed by atoms with Crippen molar-refractivity contribution in [1.82, 2.24) is 0 Å². The second-order valence-corrected chi connectivity index (χ2v) is 19.9. The first-order valence-electron chi connectivity index (χ1n) is 29.5. The summed E-state index contributed by atoms with van der Waals surface area (Å²) in [4.78, 5) is 38.1. The van der Waals surface area contributed by atoms with Gasteiger partial charge in [-0.05, 0) is 77.0 Å². The smallest absolute Gasteiger partial charge is 0.306 e. The molecule has 0 heterocycles. The third-order valence-electron chi connectivity index (χ3n) is 13.1. The lowest BCUT2D eigenvalue weighted by Gasteiger charge is -2.18. The monoisotopic (exact) mass is 941 g/mol. The van der Waals surface area contributed by atoms with Crippen LogP contribution in [-0.4, -0.2) is 37.2 Å². The Bertz CT molecular complexity index is 1130. The van der Waals surface area contributed by atoms with Gasteiger partial charge in [0.2, 0.25) is 0 Å². The van der Waals surface area contributed by atoms with Gasteiger partial charge < -0.3 is 14.2 Å². The van der Waals surface area contributed by atoms with E-state index in [9.17, 15) is 14.4 Å². The van der Waals surface area contributed by atoms with Crippen LogP contribution in [0.25, 0.3) is 0 Å². The Hall–Kier alpha value is -2.37. The lowest BCUT2D eigenvalue weighted by atomic mass is 10.0. The van der Waals surface area contributed by atoms with Crippen LogP contribution in [0.1, 0.15) is 316 Å². The Kier molecular flexibility index (Phi) is 54.2. The van der Waals surface area contributed by atoms with Crippen LogP contribution in [0, 0.1) is 0 Å². The zero-order chi connectivity index (χ0) is 48.6. The van der Waals surface area contributed by atoms with E-state index in [1.165, 1.54) is 186 Å². The van der Waals surface area contributed by atoms with Crippen molar-refractivity contribution in [3.05, 3.63) is 36.5 Å². The van der Waals surface area contributed by atoms with Gasteiger partial charge >= 0.3 is 17.9 Å². The number of ether oxygens (including phenoxy) is 3. The number of rotatable bonds is 54. The van der Waals surface area contributed by atoms with Gasteiger partial charge in [-0.1, -0.05) is 256 Å². The van der Waals surface area contributed by atoms with Gasteiger partial charge in [0.1, 0.15) is 13.2 Å². The molecule has 0 aliphatic heterocycles. The quantitative estimate of drug-likeness (QED) is 0.0262. The molecular formula is C61H112O6. The zero-order valence-corrected chi connectivity index (χ0v) is 44.9. The lowest BCUT2D eigenvalue weighted by Crippen LogP contribution is -2.30. The lowest BCUT2D eigenvalue weighted by molar-refractivity contribution is -0.167. The molecule has 392 valence electrons. The fourth-order valence-electron chi connectivity index (χ4n) is 8.65. The molecule has 0 amide bonds. The second-order valence-electron chi connectivity index (χ2n) is 19.9. The molecule has 0 fully saturated rings. The minimum Gasteiger partial charge on any atom is -0.462 e. The first-order chi connectivity index (χ1) is 33.0. The highest BCUT2D eigenvalue weighted by Crippen LogP contribution is 2.17. The van der Waals surface area contributed by atoms with E-state index in [4.69, 9.17) is 14.2 Å². The summed E-state index contributed by atoms with van der Waals surface area (Å²) in [6.07, 6.45) is 67.1. The standard InChI is InChI=1S/C61H112O6/c1-4-7-10-13-16-19-22-25-27-28-29-30-31-32-34-36-39-42-45-48-51-54-60(63)66-57-58(56-65-59(62)53-50-47-44-41-38-35-24-21-18-15-12-9-6-3)67-61(64)55-52-49-46-43-40-37-33-26-23-20-17-14-11-8-5-2/h17,20-21,24,26,33,58H,4-16,18-19,22-23,25,27-32,34-57H2,1-3H3/b20-17-,24-21-,33-26-/t58-/m1/s1. The number of carbonyl (C=O) groups is 3. The van der Waals surface area contributed by atoms with Crippen LogP contribution in [0.5, 0.6) is 0 Å². The minimum atomic E-state index is -0.780. The van der Waals surface area contributed by atoms with Gasteiger partial charge in [-0.15, -0.1) is 0 Å². The average molecular weight is 942 g/mol. The molecule has 0 aromatic carbocycles. The van der Waals surface area contributed by atoms with Gasteiger partial charge in [0.25, 0.3) is 0 Å². The maximum atomic E-state index is 12.8. The fraction of sp³-hybridized carbons (Fsp3) is 0.852. The van der Waals surface area contributed by atoms with Crippen molar-refractivity contribution in [2.45, 2.75) is 322 Å². The molecule has 0 rings (SSSR count). The van der Waals surface area contributed by atoms with Gasteiger partial charge in [-0.2, -0.15) is 0 Å². The molecule has 0 saturated carbocycles. The van der Waals surface area contributed by atoms with Crippen molar-refractivity contribution in [1.29, 1.82) is 0 Å². The normalized spacial score (nSPS) is 12.2. The van der Waals surface area contributed by atoms with E-state index in [2.05, 4.69) is 57.2 Å². The number of hydrogen-bond donors (Lipinski definition) is 0. The summed E-state index contributed by atoms with van der Waals surface area (Å²) >= 11 is 0. The van der Waals surface area contributed by atoms with E-state index in [1.807, 2.05) is 0 Å². The van der Waals surface area contributed by atoms with E-state index < -0.39 is 6.10 Å². The third-order valence-corrected chi connectivity index (χ3v) is 13.1. The molecule has 0 unspecified atom stereocenters. The van der Waals surface area contributed by atoms with Crippen molar-refractivity contribution < 1.29 is 28.6 Å². The van der Waals surface area contributed by atoms with Crippen LogP contribution in [0.4, 0.5) is 0 Å². The topological polar surface area (TPSA) is 78.9 Å². The Labute approximate surface area is 416 Å². The molecule has 6 heteroatoms. The van der Waals surface area contributed by atoms with Crippen molar-refractivity contribution >= 4 is 17.9 Å². The van der Waals surface area contributed by atoms with Crippen molar-refractivity contribution in [2.75, 3.05) is 13.2 Å². The molecule has 0 spiro atoms. The van der Waals surface area contributed by atoms with E-state index in [1.54, 1.807) is 0 Å². The van der Waals surface area contributed by atoms with Gasteiger partial charge in [0.15, 0.2) is 6.10 Å². The zero-order valence-electron chi connectivity index (χ0n) is 44.9. The van der Waals surface area contributed by atoms with Crippen LogP contribution in [0.2, 0.25) is 0 Å². The van der Waals surface area contributed by atoms with E-state index in [-0.39, 0.29) is 31.1 Å². The van der Waals surface area contributed by atoms with Gasteiger partial charge in [-0.25, -0.2) is 0 Å². The highest BCUT2D eigenvalue weighted by molar-refractivity contribution is 5.71. The third kappa shape index (κ3) is 54.4. The Morgan fingerprint density at radius 3 is 0.881 bits per heavy atom. The average Bonchev–Trinajstić information content (AvgIpc) is 3.33. The largest absolute Gasteiger partial charge is 0.462 e. The molecule has 0 aromatic heterocycles. The number of unbranched alkanes of at least 4 members (excludes halogenated alkanes) is 37. The van der Waals surface area contributed by atoms with Crippen molar-refractivity contribution in [3.8, 4) is 0 Å². The van der Waals surface area contributed by atoms with Crippen LogP contribution in [-0.2, 0) is 28.6 Å². The first-order valence-corrected chi connectivity index (χ1v) is 29.5. The maximum Gasteiger partial charge on any atom is 0.306 e. The predicted molar refractivity (Wildman–Crippen MR) is 289 cm³/mol. The molecule has 0 N–H and O–H groups in total. The summed E-state index contributed by atoms with van der Waals surface area (Å²) in [5.74, 6) is -0.883. The molecule has 67 heavy (non-hydrogen) atoms. The minimum absolute atomic E-state index is 0.0769. The molecule has 0 saturated heterocycles.